The van der Waals surface area contributed by atoms with E-state index in [4.69, 9.17) is 9.47 Å². The second kappa shape index (κ2) is 11.7. The van der Waals surface area contributed by atoms with E-state index in [0.29, 0.717) is 23.7 Å². The minimum Gasteiger partial charge on any atom is -0.496 e. The summed E-state index contributed by atoms with van der Waals surface area (Å²) in [4.78, 5) is 25.8. The molecule has 0 radical (unpaired) electrons. The largest absolute Gasteiger partial charge is 0.496 e. The molecular formula is C27H30N2O4. The Morgan fingerprint density at radius 1 is 0.848 bits per heavy atom. The highest BCUT2D eigenvalue weighted by atomic mass is 16.5. The Morgan fingerprint density at radius 2 is 1.48 bits per heavy atom. The molecule has 0 saturated heterocycles. The zero-order chi connectivity index (χ0) is 23.6. The molecule has 2 amide bonds. The summed E-state index contributed by atoms with van der Waals surface area (Å²) >= 11 is 0. The molecule has 6 nitrogen and oxygen atoms in total. The van der Waals surface area contributed by atoms with Crippen LogP contribution in [-0.4, -0.2) is 25.0 Å². The molecule has 0 aliphatic rings. The summed E-state index contributed by atoms with van der Waals surface area (Å²) in [5, 5.41) is 5.78. The fourth-order valence-corrected chi connectivity index (χ4v) is 3.40. The zero-order valence-electron chi connectivity index (χ0n) is 19.2. The van der Waals surface area contributed by atoms with Gasteiger partial charge >= 0.3 is 0 Å². The summed E-state index contributed by atoms with van der Waals surface area (Å²) < 4.78 is 11.2. The third-order valence-electron chi connectivity index (χ3n) is 5.25. The van der Waals surface area contributed by atoms with E-state index in [9.17, 15) is 9.59 Å². The summed E-state index contributed by atoms with van der Waals surface area (Å²) in [6.07, 6.45) is 0. The molecule has 2 N–H and O–H groups in total. The van der Waals surface area contributed by atoms with E-state index in [1.54, 1.807) is 24.3 Å². The smallest absolute Gasteiger partial charge is 0.255 e. The van der Waals surface area contributed by atoms with Gasteiger partial charge in [0.2, 0.25) is 5.91 Å². The number of amides is 2. The van der Waals surface area contributed by atoms with E-state index in [0.717, 1.165) is 11.1 Å². The van der Waals surface area contributed by atoms with Gasteiger partial charge in [0.15, 0.2) is 0 Å². The highest BCUT2D eigenvalue weighted by molar-refractivity contribution is 5.99. The Morgan fingerprint density at radius 3 is 2.18 bits per heavy atom. The van der Waals surface area contributed by atoms with E-state index in [1.807, 2.05) is 68.4 Å². The Labute approximate surface area is 194 Å². The zero-order valence-corrected chi connectivity index (χ0v) is 19.2. The first-order valence-electron chi connectivity index (χ1n) is 11.0. The molecule has 0 bridgehead atoms. The molecule has 1 atom stereocenters. The molecule has 3 rings (SSSR count). The van der Waals surface area contributed by atoms with Crippen LogP contribution in [-0.2, 0) is 17.9 Å². The van der Waals surface area contributed by atoms with Crippen molar-refractivity contribution in [2.24, 2.45) is 5.92 Å². The summed E-state index contributed by atoms with van der Waals surface area (Å²) in [6.45, 7) is 4.51. The van der Waals surface area contributed by atoms with Gasteiger partial charge in [-0.05, 0) is 29.7 Å². The fraction of sp³-hybridized carbons (Fsp3) is 0.259. The molecule has 3 aromatic carbocycles. The first-order valence-corrected chi connectivity index (χ1v) is 11.0. The number of hydrogen-bond donors (Lipinski definition) is 2. The average Bonchev–Trinajstić information content (AvgIpc) is 2.85. The number of rotatable bonds is 10. The summed E-state index contributed by atoms with van der Waals surface area (Å²) in [5.41, 5.74) is 2.31. The van der Waals surface area contributed by atoms with Gasteiger partial charge in [0.25, 0.3) is 5.91 Å². The van der Waals surface area contributed by atoms with Gasteiger partial charge < -0.3 is 20.1 Å². The van der Waals surface area contributed by atoms with Crippen LogP contribution < -0.4 is 20.1 Å². The first kappa shape index (κ1) is 23.9. The normalized spacial score (nSPS) is 11.5. The summed E-state index contributed by atoms with van der Waals surface area (Å²) in [5.74, 6) is 0.454. The van der Waals surface area contributed by atoms with Crippen LogP contribution in [0.3, 0.4) is 0 Å². The lowest BCUT2D eigenvalue weighted by Gasteiger charge is -2.22. The summed E-state index contributed by atoms with van der Waals surface area (Å²) in [7, 11) is 1.51. The molecule has 0 saturated carbocycles. The van der Waals surface area contributed by atoms with Gasteiger partial charge in [-0.15, -0.1) is 0 Å². The van der Waals surface area contributed by atoms with Crippen LogP contribution >= 0.6 is 0 Å². The average molecular weight is 447 g/mol. The lowest BCUT2D eigenvalue weighted by Crippen LogP contribution is -2.49. The van der Waals surface area contributed by atoms with Crippen molar-refractivity contribution >= 4 is 11.8 Å². The van der Waals surface area contributed by atoms with Gasteiger partial charge in [-0.3, -0.25) is 9.59 Å². The lowest BCUT2D eigenvalue weighted by atomic mass is 10.0. The van der Waals surface area contributed by atoms with Crippen molar-refractivity contribution in [1.82, 2.24) is 10.6 Å². The number of ether oxygens (including phenoxy) is 2. The molecule has 1 unspecified atom stereocenters. The summed E-state index contributed by atoms with van der Waals surface area (Å²) in [6, 6.07) is 23.7. The second-order valence-corrected chi connectivity index (χ2v) is 8.00. The number of nitrogens with one attached hydrogen (secondary N) is 2. The van der Waals surface area contributed by atoms with Gasteiger partial charge in [-0.25, -0.2) is 0 Å². The number of para-hydroxylation sites is 2. The quantitative estimate of drug-likeness (QED) is 0.486. The van der Waals surface area contributed by atoms with Crippen molar-refractivity contribution in [3.63, 3.8) is 0 Å². The molecule has 0 aliphatic carbocycles. The van der Waals surface area contributed by atoms with E-state index >= 15 is 0 Å². The second-order valence-electron chi connectivity index (χ2n) is 8.00. The third-order valence-corrected chi connectivity index (χ3v) is 5.25. The number of carbonyl (C=O) groups excluding carboxylic acids is 2. The Hall–Kier alpha value is -3.80. The topological polar surface area (TPSA) is 76.7 Å². The van der Waals surface area contributed by atoms with Gasteiger partial charge in [0.1, 0.15) is 24.1 Å². The van der Waals surface area contributed by atoms with Crippen molar-refractivity contribution in [2.75, 3.05) is 7.11 Å². The van der Waals surface area contributed by atoms with E-state index in [-0.39, 0.29) is 24.3 Å². The van der Waals surface area contributed by atoms with Crippen LogP contribution in [0.5, 0.6) is 11.5 Å². The van der Waals surface area contributed by atoms with Crippen LogP contribution in [0.25, 0.3) is 0 Å². The van der Waals surface area contributed by atoms with Crippen LogP contribution in [0.2, 0.25) is 0 Å². The minimum atomic E-state index is -0.695. The maximum atomic E-state index is 13.0. The van der Waals surface area contributed by atoms with Crippen LogP contribution in [0.1, 0.15) is 35.3 Å². The van der Waals surface area contributed by atoms with Gasteiger partial charge in [-0.2, -0.15) is 0 Å². The Balaban J connectivity index is 1.64. The number of methoxy groups -OCH3 is 1. The highest BCUT2D eigenvalue weighted by Gasteiger charge is 2.25. The van der Waals surface area contributed by atoms with E-state index < -0.39 is 6.04 Å². The number of hydrogen-bond acceptors (Lipinski definition) is 4. The van der Waals surface area contributed by atoms with Crippen molar-refractivity contribution < 1.29 is 19.1 Å². The standard InChI is InChI=1S/C27H30N2O4/c1-19(2)25(29-26(30)22-14-8-10-16-24(22)32-3)27(31)28-17-21-13-7-9-15-23(21)33-18-20-11-5-4-6-12-20/h4-16,19,25H,17-18H2,1-3H3,(H,28,31)(H,29,30). The molecule has 0 aromatic heterocycles. The number of benzene rings is 3. The molecular weight excluding hydrogens is 416 g/mol. The predicted molar refractivity (Wildman–Crippen MR) is 128 cm³/mol. The van der Waals surface area contributed by atoms with E-state index in [1.165, 1.54) is 7.11 Å². The van der Waals surface area contributed by atoms with E-state index in [2.05, 4.69) is 10.6 Å². The van der Waals surface area contributed by atoms with Crippen LogP contribution in [0.15, 0.2) is 78.9 Å². The third kappa shape index (κ3) is 6.59. The molecule has 0 spiro atoms. The first-order chi connectivity index (χ1) is 16.0. The minimum absolute atomic E-state index is 0.103. The van der Waals surface area contributed by atoms with Gasteiger partial charge in [0, 0.05) is 12.1 Å². The van der Waals surface area contributed by atoms with Gasteiger partial charge in [-0.1, -0.05) is 74.5 Å². The maximum Gasteiger partial charge on any atom is 0.255 e. The van der Waals surface area contributed by atoms with Crippen molar-refractivity contribution in [3.05, 3.63) is 95.6 Å². The fourth-order valence-electron chi connectivity index (χ4n) is 3.40. The maximum absolute atomic E-state index is 13.0. The van der Waals surface area contributed by atoms with Crippen molar-refractivity contribution in [1.29, 1.82) is 0 Å². The Kier molecular flexibility index (Phi) is 8.47. The van der Waals surface area contributed by atoms with Crippen molar-refractivity contribution in [2.45, 2.75) is 33.0 Å². The van der Waals surface area contributed by atoms with Crippen LogP contribution in [0, 0.1) is 5.92 Å². The van der Waals surface area contributed by atoms with Crippen molar-refractivity contribution in [3.8, 4) is 11.5 Å². The Bertz CT molecular complexity index is 1070. The monoisotopic (exact) mass is 446 g/mol. The molecule has 0 heterocycles. The molecule has 0 aliphatic heterocycles. The van der Waals surface area contributed by atoms with Gasteiger partial charge in [0.05, 0.1) is 12.7 Å². The molecule has 6 heteroatoms. The molecule has 3 aromatic rings. The van der Waals surface area contributed by atoms with Crippen LogP contribution in [0.4, 0.5) is 0 Å². The highest BCUT2D eigenvalue weighted by Crippen LogP contribution is 2.20. The predicted octanol–water partition coefficient (Wildman–Crippen LogP) is 4.35. The molecule has 33 heavy (non-hydrogen) atoms. The SMILES string of the molecule is COc1ccccc1C(=O)NC(C(=O)NCc1ccccc1OCc1ccccc1)C(C)C. The number of carbonyl (C=O) groups is 2. The lowest BCUT2D eigenvalue weighted by molar-refractivity contribution is -0.124. The molecule has 172 valence electrons. The molecule has 0 fully saturated rings.